The quantitative estimate of drug-likeness (QED) is 0.364. The van der Waals surface area contributed by atoms with Crippen molar-refractivity contribution in [3.8, 4) is 22.9 Å². The summed E-state index contributed by atoms with van der Waals surface area (Å²) in [5, 5.41) is 14.8. The van der Waals surface area contributed by atoms with Gasteiger partial charge in [0, 0.05) is 36.7 Å². The summed E-state index contributed by atoms with van der Waals surface area (Å²) >= 11 is 0. The summed E-state index contributed by atoms with van der Waals surface area (Å²) < 4.78 is 41.4. The topological polar surface area (TPSA) is 134 Å². The highest BCUT2D eigenvalue weighted by Gasteiger charge is 2.35. The van der Waals surface area contributed by atoms with Crippen LogP contribution in [-0.4, -0.2) is 59.6 Å². The van der Waals surface area contributed by atoms with Crippen molar-refractivity contribution in [3.05, 3.63) is 66.1 Å². The summed E-state index contributed by atoms with van der Waals surface area (Å²) in [6, 6.07) is 17.0. The number of fused-ring (bicyclic) bond motifs is 1. The van der Waals surface area contributed by atoms with Gasteiger partial charge < -0.3 is 4.90 Å². The van der Waals surface area contributed by atoms with Crippen LogP contribution in [0.2, 0.25) is 0 Å². The molecule has 1 N–H and O–H groups in total. The van der Waals surface area contributed by atoms with Crippen molar-refractivity contribution in [1.82, 2.24) is 24.5 Å². The number of nitrogens with zero attached hydrogens (tertiary/aromatic N) is 6. The number of benzene rings is 1. The highest BCUT2D eigenvalue weighted by atomic mass is 32.2. The number of rotatable bonds is 6. The molecule has 1 saturated heterocycles. The first kappa shape index (κ1) is 26.8. The van der Waals surface area contributed by atoms with Gasteiger partial charge in [-0.2, -0.15) is 10.4 Å². The number of carbonyl (C=O) groups excluding carboxylic acids is 1. The Bertz CT molecular complexity index is 1750. The number of nitrogens with one attached hydrogen (secondary N) is 1. The molecular weight excluding hydrogens is 545 g/mol. The smallest absolute Gasteiger partial charge is 0.283 e. The normalized spacial score (nSPS) is 19.5. The Morgan fingerprint density at radius 2 is 1.85 bits per heavy atom. The van der Waals surface area contributed by atoms with E-state index >= 15 is 0 Å². The maximum Gasteiger partial charge on any atom is 0.283 e. The minimum Gasteiger partial charge on any atom is -0.357 e. The molecule has 2 fully saturated rings. The third kappa shape index (κ3) is 5.37. The monoisotopic (exact) mass is 573 g/mol. The van der Waals surface area contributed by atoms with E-state index in [1.807, 2.05) is 47.2 Å². The first-order chi connectivity index (χ1) is 19.7. The zero-order valence-electron chi connectivity index (χ0n) is 22.4. The lowest BCUT2D eigenvalue weighted by Gasteiger charge is -2.30. The molecule has 0 atom stereocenters. The second kappa shape index (κ2) is 10.6. The molecule has 1 saturated carbocycles. The van der Waals surface area contributed by atoms with Crippen molar-refractivity contribution in [2.24, 2.45) is 5.92 Å². The number of nitriles is 1. The third-order valence-corrected chi connectivity index (χ3v) is 8.26. The van der Waals surface area contributed by atoms with Crippen LogP contribution in [0.1, 0.15) is 47.8 Å². The molecule has 4 aromatic rings. The lowest BCUT2D eigenvalue weighted by atomic mass is 9.79. The van der Waals surface area contributed by atoms with Crippen molar-refractivity contribution in [2.45, 2.75) is 37.8 Å². The Morgan fingerprint density at radius 1 is 1.12 bits per heavy atom. The molecule has 3 aromatic heterocycles. The van der Waals surface area contributed by atoms with Crippen molar-refractivity contribution in [3.63, 3.8) is 0 Å². The first-order valence-corrected chi connectivity index (χ1v) is 15.4. The average molecular weight is 574 g/mol. The van der Waals surface area contributed by atoms with E-state index in [2.05, 4.69) is 16.0 Å². The summed E-state index contributed by atoms with van der Waals surface area (Å²) in [7, 11) is -3.84. The predicted octanol–water partition coefficient (Wildman–Crippen LogP) is 4.13. The maximum atomic E-state index is 14.0. The predicted molar refractivity (Wildman–Crippen MR) is 152 cm³/mol. The number of hydrogen-bond acceptors (Lipinski definition) is 8. The molecular formula is C29H28FN7O3S. The van der Waals surface area contributed by atoms with Gasteiger partial charge in [-0.05, 0) is 61.6 Å². The number of alkyl halides is 1. The van der Waals surface area contributed by atoms with E-state index in [1.165, 1.54) is 0 Å². The number of halogens is 1. The van der Waals surface area contributed by atoms with Gasteiger partial charge in [-0.3, -0.25) is 4.79 Å². The van der Waals surface area contributed by atoms with E-state index in [0.717, 1.165) is 38.0 Å². The molecule has 1 aliphatic heterocycles. The van der Waals surface area contributed by atoms with E-state index in [0.29, 0.717) is 46.4 Å². The molecule has 1 amide bonds. The zero-order valence-corrected chi connectivity index (χ0v) is 23.2. The highest BCUT2D eigenvalue weighted by Crippen LogP contribution is 2.44. The average Bonchev–Trinajstić information content (AvgIpc) is 3.34. The summed E-state index contributed by atoms with van der Waals surface area (Å²) in [5.41, 5.74) is 2.95. The van der Waals surface area contributed by atoms with Crippen LogP contribution in [0.15, 0.2) is 54.7 Å². The SMILES string of the molecule is CS(=O)(=O)NC(=O)c1cc(-c2ccc(N3CCC(C#N)CC3)nc2)c2c(C3CC(F)C3)nn(-c3ccccc3)c2n1. The number of carbonyl (C=O) groups is 1. The number of sulfonamides is 1. The fraction of sp³-hybridized carbons (Fsp3) is 0.345. The van der Waals surface area contributed by atoms with Gasteiger partial charge in [0.1, 0.15) is 17.7 Å². The van der Waals surface area contributed by atoms with E-state index in [9.17, 15) is 22.9 Å². The fourth-order valence-corrected chi connectivity index (χ4v) is 5.93. The number of aromatic nitrogens is 4. The van der Waals surface area contributed by atoms with Gasteiger partial charge in [0.2, 0.25) is 10.0 Å². The first-order valence-electron chi connectivity index (χ1n) is 13.5. The second-order valence-electron chi connectivity index (χ2n) is 10.7. The number of piperidine rings is 1. The number of amides is 1. The van der Waals surface area contributed by atoms with Gasteiger partial charge in [-0.15, -0.1) is 0 Å². The Balaban J connectivity index is 1.50. The summed E-state index contributed by atoms with van der Waals surface area (Å²) in [4.78, 5) is 24.4. The zero-order chi connectivity index (χ0) is 28.7. The molecule has 210 valence electrons. The molecule has 0 spiro atoms. The summed E-state index contributed by atoms with van der Waals surface area (Å²) in [6.07, 6.45) is 3.95. The minimum atomic E-state index is -3.84. The molecule has 2 aliphatic rings. The van der Waals surface area contributed by atoms with Gasteiger partial charge in [0.15, 0.2) is 5.65 Å². The molecule has 1 aromatic carbocycles. The van der Waals surface area contributed by atoms with Gasteiger partial charge in [-0.25, -0.2) is 32.2 Å². The van der Waals surface area contributed by atoms with Crippen LogP contribution in [0.5, 0.6) is 0 Å². The molecule has 12 heteroatoms. The van der Waals surface area contributed by atoms with Gasteiger partial charge in [0.25, 0.3) is 5.91 Å². The number of hydrogen-bond donors (Lipinski definition) is 1. The largest absolute Gasteiger partial charge is 0.357 e. The Morgan fingerprint density at radius 3 is 2.46 bits per heavy atom. The van der Waals surface area contributed by atoms with Crippen LogP contribution in [0, 0.1) is 17.2 Å². The summed E-state index contributed by atoms with van der Waals surface area (Å²) in [5.74, 6) is -0.148. The van der Waals surface area contributed by atoms with Crippen LogP contribution in [-0.2, 0) is 10.0 Å². The Hall–Kier alpha value is -4.37. The minimum absolute atomic E-state index is 0.0575. The number of pyridine rings is 2. The highest BCUT2D eigenvalue weighted by molar-refractivity contribution is 7.89. The lowest BCUT2D eigenvalue weighted by Crippen LogP contribution is -2.33. The molecule has 0 unspecified atom stereocenters. The van der Waals surface area contributed by atoms with Gasteiger partial charge >= 0.3 is 0 Å². The van der Waals surface area contributed by atoms with E-state index in [4.69, 9.17) is 10.1 Å². The third-order valence-electron chi connectivity index (χ3n) is 7.70. The van der Waals surface area contributed by atoms with E-state index in [1.54, 1.807) is 16.9 Å². The number of anilines is 1. The molecule has 4 heterocycles. The Labute approximate surface area is 236 Å². The maximum absolute atomic E-state index is 14.0. The van der Waals surface area contributed by atoms with Crippen LogP contribution >= 0.6 is 0 Å². The molecule has 41 heavy (non-hydrogen) atoms. The van der Waals surface area contributed by atoms with Gasteiger partial charge in [-0.1, -0.05) is 18.2 Å². The van der Waals surface area contributed by atoms with Crippen molar-refractivity contribution in [1.29, 1.82) is 5.26 Å². The fourth-order valence-electron chi connectivity index (χ4n) is 5.48. The van der Waals surface area contributed by atoms with Crippen LogP contribution in [0.25, 0.3) is 27.8 Å². The van der Waals surface area contributed by atoms with Gasteiger partial charge in [0.05, 0.1) is 29.1 Å². The van der Waals surface area contributed by atoms with Crippen LogP contribution < -0.4 is 9.62 Å². The van der Waals surface area contributed by atoms with Crippen molar-refractivity contribution >= 4 is 32.8 Å². The van der Waals surface area contributed by atoms with E-state index < -0.39 is 22.1 Å². The molecule has 10 nitrogen and oxygen atoms in total. The van der Waals surface area contributed by atoms with E-state index in [-0.39, 0.29) is 17.5 Å². The molecule has 0 radical (unpaired) electrons. The molecule has 1 aliphatic carbocycles. The van der Waals surface area contributed by atoms with Crippen LogP contribution in [0.3, 0.4) is 0 Å². The standard InChI is InChI=1S/C29H28FN7O3S/c1-41(39,40)35-29(38)24-15-23(19-7-8-25(32-17-19)36-11-9-18(16-31)10-12-36)26-27(20-13-21(30)14-20)34-37(28(26)33-24)22-5-3-2-4-6-22/h2-8,15,17-18,20-21H,9-14H2,1H3,(H,35,38). The molecule has 0 bridgehead atoms. The summed E-state index contributed by atoms with van der Waals surface area (Å²) in [6.45, 7) is 1.47. The lowest BCUT2D eigenvalue weighted by molar-refractivity contribution is 0.0977. The number of para-hydroxylation sites is 1. The Kier molecular flexibility index (Phi) is 6.91. The van der Waals surface area contributed by atoms with Crippen molar-refractivity contribution in [2.75, 3.05) is 24.2 Å². The molecule has 6 rings (SSSR count). The van der Waals surface area contributed by atoms with Crippen LogP contribution in [0.4, 0.5) is 10.2 Å². The second-order valence-corrected chi connectivity index (χ2v) is 12.4. The van der Waals surface area contributed by atoms with Crippen molar-refractivity contribution < 1.29 is 17.6 Å².